The molecule has 3 aromatic rings. The first-order valence-electron chi connectivity index (χ1n) is 9.11. The molecule has 1 aliphatic heterocycles. The van der Waals surface area contributed by atoms with Gasteiger partial charge >= 0.3 is 0 Å². The summed E-state index contributed by atoms with van der Waals surface area (Å²) in [7, 11) is 0. The van der Waals surface area contributed by atoms with E-state index in [1.165, 1.54) is 22.9 Å². The van der Waals surface area contributed by atoms with Gasteiger partial charge in [0.15, 0.2) is 0 Å². The zero-order valence-corrected chi connectivity index (χ0v) is 15.3. The Bertz CT molecular complexity index is 1100. The number of ether oxygens (including phenoxy) is 1. The maximum atomic E-state index is 14.3. The molecule has 1 N–H and O–H groups in total. The first-order valence-corrected chi connectivity index (χ1v) is 9.11. The highest BCUT2D eigenvalue weighted by molar-refractivity contribution is 5.63. The van der Waals surface area contributed by atoms with Crippen LogP contribution in [-0.4, -0.2) is 16.2 Å². The lowest BCUT2D eigenvalue weighted by Crippen LogP contribution is -2.25. The maximum Gasteiger partial charge on any atom is 0.262 e. The second-order valence-electron chi connectivity index (χ2n) is 6.48. The van der Waals surface area contributed by atoms with Gasteiger partial charge in [0.2, 0.25) is 5.95 Å². The van der Waals surface area contributed by atoms with Gasteiger partial charge in [-0.15, -0.1) is 0 Å². The minimum atomic E-state index is -0.480. The van der Waals surface area contributed by atoms with E-state index in [0.29, 0.717) is 36.8 Å². The molecule has 0 radical (unpaired) electrons. The van der Waals surface area contributed by atoms with Crippen LogP contribution in [0.4, 0.5) is 14.7 Å². The Morgan fingerprint density at radius 2 is 1.96 bits per heavy atom. The average Bonchev–Trinajstić information content (AvgIpc) is 3.17. The van der Waals surface area contributed by atoms with Gasteiger partial charge in [0, 0.05) is 42.4 Å². The highest BCUT2D eigenvalue weighted by atomic mass is 19.1. The smallest absolute Gasteiger partial charge is 0.262 e. The average molecular weight is 383 g/mol. The Kier molecular flexibility index (Phi) is 4.81. The van der Waals surface area contributed by atoms with Gasteiger partial charge in [0.05, 0.1) is 12.2 Å². The van der Waals surface area contributed by atoms with Crippen molar-refractivity contribution in [2.75, 3.05) is 11.9 Å². The standard InChI is InChI=1S/C21H19F2N3O2/c1-2-26-20(27)16(13-5-3-4-6-17(13)22)12-25-21(26)24-11-15-14-9-10-28-19(14)8-7-18(15)23/h3-8,12H,2,9-11H2,1H3,(H,24,25). The largest absolute Gasteiger partial charge is 0.493 e. The summed E-state index contributed by atoms with van der Waals surface area (Å²) >= 11 is 0. The van der Waals surface area contributed by atoms with E-state index in [-0.39, 0.29) is 29.0 Å². The Labute approximate surface area is 160 Å². The molecule has 144 valence electrons. The number of hydrogen-bond donors (Lipinski definition) is 1. The van der Waals surface area contributed by atoms with E-state index in [9.17, 15) is 13.6 Å². The summed E-state index contributed by atoms with van der Waals surface area (Å²) in [5, 5.41) is 3.05. The summed E-state index contributed by atoms with van der Waals surface area (Å²) in [5.74, 6) is 0.189. The van der Waals surface area contributed by atoms with E-state index >= 15 is 0 Å². The van der Waals surface area contributed by atoms with Crippen LogP contribution >= 0.6 is 0 Å². The quantitative estimate of drug-likeness (QED) is 0.729. The second kappa shape index (κ2) is 7.42. The van der Waals surface area contributed by atoms with E-state index in [2.05, 4.69) is 10.3 Å². The molecule has 0 amide bonds. The normalized spacial score (nSPS) is 12.5. The molecule has 0 saturated carbocycles. The number of hydrogen-bond acceptors (Lipinski definition) is 4. The molecule has 0 spiro atoms. The monoisotopic (exact) mass is 383 g/mol. The van der Waals surface area contributed by atoms with Crippen molar-refractivity contribution in [3.63, 3.8) is 0 Å². The summed E-state index contributed by atoms with van der Waals surface area (Å²) in [5.41, 5.74) is 1.38. The third-order valence-electron chi connectivity index (χ3n) is 4.89. The van der Waals surface area contributed by atoms with Crippen LogP contribution in [0.5, 0.6) is 5.75 Å². The number of nitrogens with zero attached hydrogens (tertiary/aromatic N) is 2. The van der Waals surface area contributed by atoms with Crippen LogP contribution in [0.15, 0.2) is 47.4 Å². The summed E-state index contributed by atoms with van der Waals surface area (Å²) in [6, 6.07) is 9.09. The molecule has 4 rings (SSSR count). The van der Waals surface area contributed by atoms with Crippen molar-refractivity contribution >= 4 is 5.95 Å². The lowest BCUT2D eigenvalue weighted by Gasteiger charge is -2.15. The van der Waals surface area contributed by atoms with E-state index < -0.39 is 5.82 Å². The van der Waals surface area contributed by atoms with Gasteiger partial charge in [-0.05, 0) is 25.1 Å². The molecule has 0 aliphatic carbocycles. The van der Waals surface area contributed by atoms with E-state index in [4.69, 9.17) is 4.74 Å². The van der Waals surface area contributed by atoms with Gasteiger partial charge < -0.3 is 10.1 Å². The van der Waals surface area contributed by atoms with Crippen molar-refractivity contribution < 1.29 is 13.5 Å². The van der Waals surface area contributed by atoms with Gasteiger partial charge in [0.25, 0.3) is 5.56 Å². The number of fused-ring (bicyclic) bond motifs is 1. The lowest BCUT2D eigenvalue weighted by atomic mass is 10.0. The summed E-state index contributed by atoms with van der Waals surface area (Å²) in [6.45, 7) is 2.84. The molecular formula is C21H19F2N3O2. The fourth-order valence-electron chi connectivity index (χ4n) is 3.46. The maximum absolute atomic E-state index is 14.3. The fraction of sp³-hybridized carbons (Fsp3) is 0.238. The van der Waals surface area contributed by atoms with Crippen LogP contribution in [0, 0.1) is 11.6 Å². The molecule has 0 unspecified atom stereocenters. The number of halogens is 2. The van der Waals surface area contributed by atoms with E-state index in [1.54, 1.807) is 31.2 Å². The molecule has 7 heteroatoms. The Hall–Kier alpha value is -3.22. The Balaban J connectivity index is 1.67. The molecule has 0 atom stereocenters. The van der Waals surface area contributed by atoms with Crippen molar-refractivity contribution in [1.82, 2.24) is 9.55 Å². The first kappa shape index (κ1) is 18.2. The predicted octanol–water partition coefficient (Wildman–Crippen LogP) is 3.76. The number of aromatic nitrogens is 2. The summed E-state index contributed by atoms with van der Waals surface area (Å²) in [6.07, 6.45) is 1.99. The third kappa shape index (κ3) is 3.13. The highest BCUT2D eigenvalue weighted by Gasteiger charge is 2.20. The van der Waals surface area contributed by atoms with Crippen molar-refractivity contribution in [3.8, 4) is 16.9 Å². The number of anilines is 1. The topological polar surface area (TPSA) is 56.1 Å². The fourth-order valence-corrected chi connectivity index (χ4v) is 3.46. The summed E-state index contributed by atoms with van der Waals surface area (Å²) < 4.78 is 35.3. The molecule has 1 aromatic heterocycles. The molecule has 0 fully saturated rings. The molecule has 0 bridgehead atoms. The van der Waals surface area contributed by atoms with Crippen molar-refractivity contribution in [1.29, 1.82) is 0 Å². The molecule has 28 heavy (non-hydrogen) atoms. The molecular weight excluding hydrogens is 364 g/mol. The third-order valence-corrected chi connectivity index (χ3v) is 4.89. The van der Waals surface area contributed by atoms with Gasteiger partial charge in [-0.25, -0.2) is 13.8 Å². The van der Waals surface area contributed by atoms with Crippen LogP contribution in [0.1, 0.15) is 18.1 Å². The van der Waals surface area contributed by atoms with Crippen molar-refractivity contribution in [2.45, 2.75) is 26.4 Å². The molecule has 2 aromatic carbocycles. The molecule has 1 aliphatic rings. The van der Waals surface area contributed by atoms with Crippen molar-refractivity contribution in [2.24, 2.45) is 0 Å². The lowest BCUT2D eigenvalue weighted by molar-refractivity contribution is 0.356. The minimum Gasteiger partial charge on any atom is -0.493 e. The van der Waals surface area contributed by atoms with Crippen molar-refractivity contribution in [3.05, 3.63) is 75.7 Å². The number of rotatable bonds is 5. The van der Waals surface area contributed by atoms with Gasteiger partial charge in [-0.2, -0.15) is 0 Å². The second-order valence-corrected chi connectivity index (χ2v) is 6.48. The summed E-state index contributed by atoms with van der Waals surface area (Å²) in [4.78, 5) is 17.2. The zero-order valence-electron chi connectivity index (χ0n) is 15.3. The highest BCUT2D eigenvalue weighted by Crippen LogP contribution is 2.30. The number of nitrogens with one attached hydrogen (secondary N) is 1. The first-order chi connectivity index (χ1) is 13.6. The number of benzene rings is 2. The van der Waals surface area contributed by atoms with Crippen LogP contribution in [0.3, 0.4) is 0 Å². The SMILES string of the molecule is CCn1c(NCc2c(F)ccc3c2CCO3)ncc(-c2ccccc2F)c1=O. The van der Waals surface area contributed by atoms with Gasteiger partial charge in [-0.1, -0.05) is 18.2 Å². The van der Waals surface area contributed by atoms with Crippen LogP contribution < -0.4 is 15.6 Å². The van der Waals surface area contributed by atoms with E-state index in [1.807, 2.05) is 0 Å². The van der Waals surface area contributed by atoms with E-state index in [0.717, 1.165) is 5.56 Å². The minimum absolute atomic E-state index is 0.170. The zero-order chi connectivity index (χ0) is 19.7. The van der Waals surface area contributed by atoms with Gasteiger partial charge in [-0.3, -0.25) is 9.36 Å². The van der Waals surface area contributed by atoms with Crippen LogP contribution in [0.25, 0.3) is 11.1 Å². The van der Waals surface area contributed by atoms with Gasteiger partial charge in [0.1, 0.15) is 17.4 Å². The Morgan fingerprint density at radius 1 is 1.14 bits per heavy atom. The predicted molar refractivity (Wildman–Crippen MR) is 102 cm³/mol. The molecule has 0 saturated heterocycles. The van der Waals surface area contributed by atoms with Crippen LogP contribution in [0.2, 0.25) is 0 Å². The Morgan fingerprint density at radius 3 is 2.75 bits per heavy atom. The van der Waals surface area contributed by atoms with Crippen LogP contribution in [-0.2, 0) is 19.5 Å². The molecule has 5 nitrogen and oxygen atoms in total. The molecule has 2 heterocycles.